The van der Waals surface area contributed by atoms with Crippen molar-refractivity contribution in [3.05, 3.63) is 241 Å². The summed E-state index contributed by atoms with van der Waals surface area (Å²) in [5, 5.41) is 1.55. The second-order valence-corrected chi connectivity index (χ2v) is 38.6. The summed E-state index contributed by atoms with van der Waals surface area (Å²) in [4.78, 5) is 0. The van der Waals surface area contributed by atoms with Gasteiger partial charge in [-0.05, 0) is 0 Å². The molecule has 0 bridgehead atoms. The topological polar surface area (TPSA) is 0 Å². The fourth-order valence-electron chi connectivity index (χ4n) is 12.7. The molecule has 8 aromatic carbocycles. The van der Waals surface area contributed by atoms with Gasteiger partial charge in [-0.2, -0.15) is 0 Å². The fraction of sp³-hybridized carbons (Fsp3) is 0.284. The number of hydrogen-bond donors (Lipinski definition) is 0. The van der Waals surface area contributed by atoms with E-state index in [9.17, 15) is 0 Å². The van der Waals surface area contributed by atoms with E-state index in [1.807, 2.05) is 0 Å². The number of rotatable bonds is 22. The Morgan fingerprint density at radius 2 is 0.634 bits per heavy atom. The van der Waals surface area contributed by atoms with E-state index in [1.54, 1.807) is 11.1 Å². The normalized spacial score (nSPS) is 16.4. The molecule has 0 aromatic heterocycles. The van der Waals surface area contributed by atoms with E-state index >= 15 is 0 Å². The number of benzene rings is 8. The van der Waals surface area contributed by atoms with Crippen molar-refractivity contribution in [2.75, 3.05) is 0 Å². The minimum absolute atomic E-state index is 0.149. The number of hydrogen-bond acceptors (Lipinski definition) is 0. The Bertz CT molecular complexity index is 2570. The summed E-state index contributed by atoms with van der Waals surface area (Å²) in [6.45, 7) is 9.67. The molecule has 0 amide bonds. The molecule has 0 spiro atoms. The van der Waals surface area contributed by atoms with Gasteiger partial charge < -0.3 is 0 Å². The van der Waals surface area contributed by atoms with Crippen molar-refractivity contribution in [3.63, 3.8) is 0 Å². The molecule has 0 nitrogen and oxygen atoms in total. The third-order valence-electron chi connectivity index (χ3n) is 16.6. The van der Waals surface area contributed by atoms with Crippen molar-refractivity contribution in [2.24, 2.45) is 11.8 Å². The first kappa shape index (κ1) is 51.5. The first-order chi connectivity index (χ1) is 34.6. The molecule has 366 valence electrons. The first-order valence-electron chi connectivity index (χ1n) is 26.7. The van der Waals surface area contributed by atoms with E-state index in [0.29, 0.717) is 11.8 Å². The summed E-state index contributed by atoms with van der Waals surface area (Å²) < 4.78 is 0. The average molecular weight is 1100 g/mol. The molecule has 71 heavy (non-hydrogen) atoms. The van der Waals surface area contributed by atoms with Crippen LogP contribution in [0.4, 0.5) is 0 Å². The van der Waals surface area contributed by atoms with Crippen LogP contribution in [0.25, 0.3) is 11.1 Å². The fourth-order valence-corrected chi connectivity index (χ4v) is 28.1. The molecule has 8 aromatic rings. The van der Waals surface area contributed by atoms with E-state index in [0.717, 1.165) is 12.3 Å². The molecule has 2 unspecified atom stereocenters. The van der Waals surface area contributed by atoms with Crippen LogP contribution in [0.1, 0.15) is 114 Å². The molecule has 4 heteroatoms. The van der Waals surface area contributed by atoms with Gasteiger partial charge in [0.25, 0.3) is 0 Å². The molecule has 0 N–H and O–H groups in total. The Morgan fingerprint density at radius 1 is 0.366 bits per heavy atom. The summed E-state index contributed by atoms with van der Waals surface area (Å²) in [7, 11) is 0. The predicted octanol–water partition coefficient (Wildman–Crippen LogP) is 17.8. The molecule has 0 saturated carbocycles. The second-order valence-electron chi connectivity index (χ2n) is 20.8. The number of unbranched alkanes of at least 4 members (excludes halogenated alkanes) is 2. The standard InChI is InChI=1S/C67H74Br2P2/c1-5-9-29-53(7-3)49-67(50-54(8-4)30-10-6-2)65-47-55(51-70(68,57-31-17-11-18-32-57,58-33-19-12-20-34-58)59-35-21-13-22-36-59)43-45-63(65)64-46-44-56(48-66(64)67)52-71(69,60-37-23-14-24-38-60,61-39-25-15-26-40-61)62-41-27-16-28-42-62/h11-28,31-48,53-54H,5-10,29-30,49-52H2,1-4H3. The predicted molar refractivity (Wildman–Crippen MR) is 324 cm³/mol. The van der Waals surface area contributed by atoms with Crippen LogP contribution < -0.4 is 31.8 Å². The van der Waals surface area contributed by atoms with Crippen LogP contribution in [-0.2, 0) is 17.7 Å². The molecule has 0 radical (unpaired) electrons. The van der Waals surface area contributed by atoms with Crippen molar-refractivity contribution in [2.45, 2.75) is 110 Å². The van der Waals surface area contributed by atoms with Gasteiger partial charge in [-0.3, -0.25) is 0 Å². The van der Waals surface area contributed by atoms with Crippen molar-refractivity contribution in [1.29, 1.82) is 0 Å². The van der Waals surface area contributed by atoms with Gasteiger partial charge in [0.05, 0.1) is 0 Å². The van der Waals surface area contributed by atoms with Gasteiger partial charge in [-0.15, -0.1) is 0 Å². The van der Waals surface area contributed by atoms with Gasteiger partial charge in [0, 0.05) is 0 Å². The van der Waals surface area contributed by atoms with E-state index in [4.69, 9.17) is 31.0 Å². The quantitative estimate of drug-likeness (QED) is 0.0594. The van der Waals surface area contributed by atoms with Crippen LogP contribution in [-0.4, -0.2) is 0 Å². The average Bonchev–Trinajstić information content (AvgIpc) is 3.69. The number of halogens is 2. The Kier molecular flexibility index (Phi) is 15.9. The molecule has 9 rings (SSSR count). The SMILES string of the molecule is CCCCC(CC)CC1(CC(CC)CCCC)c2cc(CP(Br)(c3ccccc3)(c3ccccc3)c3ccccc3)ccc2-c2ccc(CP(Br)(c3ccccc3)(c3ccccc3)c3ccccc3)cc21. The Labute approximate surface area is 443 Å². The van der Waals surface area contributed by atoms with Gasteiger partial charge in [-0.25, -0.2) is 0 Å². The van der Waals surface area contributed by atoms with E-state index in [1.165, 1.54) is 118 Å². The van der Waals surface area contributed by atoms with Gasteiger partial charge in [0.15, 0.2) is 0 Å². The number of fused-ring (bicyclic) bond motifs is 3. The molecule has 2 atom stereocenters. The van der Waals surface area contributed by atoms with Gasteiger partial charge >= 0.3 is 447 Å². The van der Waals surface area contributed by atoms with Crippen LogP contribution >= 0.6 is 41.6 Å². The molecule has 0 saturated heterocycles. The Balaban J connectivity index is 1.30. The first-order valence-corrected chi connectivity index (χ1v) is 35.6. The summed E-state index contributed by atoms with van der Waals surface area (Å²) in [5.41, 5.74) is 8.64. The molecule has 0 fully saturated rings. The van der Waals surface area contributed by atoms with Gasteiger partial charge in [-0.1, -0.05) is 0 Å². The van der Waals surface area contributed by atoms with Crippen molar-refractivity contribution in [3.8, 4) is 11.1 Å². The summed E-state index contributed by atoms with van der Waals surface area (Å²) in [6, 6.07) is 83.8. The second kappa shape index (κ2) is 22.0. The third-order valence-corrected chi connectivity index (χ3v) is 35.6. The van der Waals surface area contributed by atoms with Gasteiger partial charge in [0.1, 0.15) is 0 Å². The maximum atomic E-state index is 4.88. The van der Waals surface area contributed by atoms with Crippen LogP contribution in [0.2, 0.25) is 0 Å². The molecule has 1 aliphatic carbocycles. The van der Waals surface area contributed by atoms with Crippen molar-refractivity contribution >= 4 is 73.4 Å². The summed E-state index contributed by atoms with van der Waals surface area (Å²) >= 11 is 9.76. The zero-order valence-corrected chi connectivity index (χ0v) is 47.5. The third kappa shape index (κ3) is 9.44. The van der Waals surface area contributed by atoms with Crippen molar-refractivity contribution in [1.82, 2.24) is 0 Å². The molecule has 0 aliphatic heterocycles. The van der Waals surface area contributed by atoms with Crippen LogP contribution in [0, 0.1) is 11.8 Å². The van der Waals surface area contributed by atoms with Crippen LogP contribution in [0.3, 0.4) is 0 Å². The summed E-state index contributed by atoms with van der Waals surface area (Å²) in [5.74, 6) is 1.23. The summed E-state index contributed by atoms with van der Waals surface area (Å²) in [6.07, 6.45) is 14.0. The monoisotopic (exact) mass is 1100 g/mol. The molecule has 1 aliphatic rings. The Morgan fingerprint density at radius 3 is 0.873 bits per heavy atom. The molecular weight excluding hydrogens is 1030 g/mol. The van der Waals surface area contributed by atoms with E-state index in [2.05, 4.69) is 246 Å². The zero-order valence-electron chi connectivity index (χ0n) is 42.6. The minimum atomic E-state index is -3.30. The van der Waals surface area contributed by atoms with E-state index < -0.39 is 10.6 Å². The molecular formula is C67H74Br2P2. The zero-order chi connectivity index (χ0) is 49.4. The Hall–Kier alpha value is -4.42. The molecule has 0 heterocycles. The van der Waals surface area contributed by atoms with Crippen molar-refractivity contribution < 1.29 is 0 Å². The van der Waals surface area contributed by atoms with E-state index in [-0.39, 0.29) is 5.41 Å². The van der Waals surface area contributed by atoms with Gasteiger partial charge in [0.2, 0.25) is 0 Å². The maximum absolute atomic E-state index is 4.88. The van der Waals surface area contributed by atoms with Crippen LogP contribution in [0.5, 0.6) is 0 Å². The van der Waals surface area contributed by atoms with Crippen LogP contribution in [0.15, 0.2) is 218 Å².